The fourth-order valence-electron chi connectivity index (χ4n) is 1.45. The van der Waals surface area contributed by atoms with Gasteiger partial charge in [-0.1, -0.05) is 6.92 Å². The number of ether oxygens (including phenoxy) is 1. The van der Waals surface area contributed by atoms with Crippen LogP contribution >= 0.6 is 0 Å². The first-order valence-corrected chi connectivity index (χ1v) is 5.46. The molecule has 0 spiro atoms. The molecule has 0 aliphatic heterocycles. The van der Waals surface area contributed by atoms with Crippen LogP contribution in [0.25, 0.3) is 0 Å². The van der Waals surface area contributed by atoms with Gasteiger partial charge >= 0.3 is 5.97 Å². The van der Waals surface area contributed by atoms with Crippen LogP contribution in [0, 0.1) is 0 Å². The number of nitrogens with two attached hydrogens (primary N) is 1. The maximum Gasteiger partial charge on any atom is 0.326 e. The van der Waals surface area contributed by atoms with E-state index in [0.29, 0.717) is 12.2 Å². The molecular weight excluding hydrogens is 236 g/mol. The normalized spacial score (nSPS) is 11.7. The summed E-state index contributed by atoms with van der Waals surface area (Å²) in [5.74, 6) is -1.04. The van der Waals surface area contributed by atoms with Gasteiger partial charge in [0.2, 0.25) is 0 Å². The highest BCUT2D eigenvalue weighted by atomic mass is 16.5. The first kappa shape index (κ1) is 13.8. The molecule has 4 N–H and O–H groups in total. The number of hydrogen-bond acceptors (Lipinski definition) is 4. The zero-order valence-electron chi connectivity index (χ0n) is 10.3. The van der Waals surface area contributed by atoms with E-state index in [1.807, 2.05) is 0 Å². The molecule has 0 aliphatic carbocycles. The molecule has 0 fully saturated rings. The van der Waals surface area contributed by atoms with Gasteiger partial charge in [-0.2, -0.15) is 0 Å². The molecule has 1 rings (SSSR count). The molecule has 0 unspecified atom stereocenters. The average molecular weight is 252 g/mol. The molecule has 0 bridgehead atoms. The second kappa shape index (κ2) is 5.90. The monoisotopic (exact) mass is 252 g/mol. The van der Waals surface area contributed by atoms with Gasteiger partial charge in [0.1, 0.15) is 11.8 Å². The van der Waals surface area contributed by atoms with Crippen molar-refractivity contribution in [2.75, 3.05) is 12.8 Å². The van der Waals surface area contributed by atoms with Crippen molar-refractivity contribution in [2.45, 2.75) is 19.4 Å². The summed E-state index contributed by atoms with van der Waals surface area (Å²) < 4.78 is 4.96. The van der Waals surface area contributed by atoms with Crippen molar-refractivity contribution < 1.29 is 19.4 Å². The van der Waals surface area contributed by atoms with Gasteiger partial charge in [0.25, 0.3) is 5.91 Å². The van der Waals surface area contributed by atoms with E-state index >= 15 is 0 Å². The van der Waals surface area contributed by atoms with E-state index < -0.39 is 17.9 Å². The number of amides is 1. The molecule has 0 radical (unpaired) electrons. The lowest BCUT2D eigenvalue weighted by atomic mass is 10.1. The zero-order valence-corrected chi connectivity index (χ0v) is 10.3. The van der Waals surface area contributed by atoms with Gasteiger partial charge in [-0.15, -0.1) is 0 Å². The second-order valence-electron chi connectivity index (χ2n) is 3.73. The van der Waals surface area contributed by atoms with Crippen LogP contribution < -0.4 is 15.8 Å². The van der Waals surface area contributed by atoms with E-state index in [2.05, 4.69) is 5.32 Å². The quantitative estimate of drug-likeness (QED) is 0.675. The van der Waals surface area contributed by atoms with E-state index in [4.69, 9.17) is 15.6 Å². The molecule has 1 atom stereocenters. The highest BCUT2D eigenvalue weighted by Crippen LogP contribution is 2.19. The number of carboxylic acids is 1. The first-order valence-electron chi connectivity index (χ1n) is 5.46. The van der Waals surface area contributed by atoms with E-state index in [-0.39, 0.29) is 11.3 Å². The fourth-order valence-corrected chi connectivity index (χ4v) is 1.45. The zero-order chi connectivity index (χ0) is 13.7. The molecule has 6 nitrogen and oxygen atoms in total. The number of methoxy groups -OCH3 is 1. The summed E-state index contributed by atoms with van der Waals surface area (Å²) in [5.41, 5.74) is 6.18. The first-order chi connectivity index (χ1) is 8.49. The summed E-state index contributed by atoms with van der Waals surface area (Å²) in [7, 11) is 1.49. The summed E-state index contributed by atoms with van der Waals surface area (Å²) in [6.07, 6.45) is 0.303. The van der Waals surface area contributed by atoms with Crippen molar-refractivity contribution in [3.63, 3.8) is 0 Å². The Kier molecular flexibility index (Phi) is 4.53. The molecule has 98 valence electrons. The maximum atomic E-state index is 11.8. The third-order valence-electron chi connectivity index (χ3n) is 2.52. The number of rotatable bonds is 5. The number of nitrogen functional groups attached to an aromatic ring is 1. The predicted octanol–water partition coefficient (Wildman–Crippen LogP) is 0.870. The third-order valence-corrected chi connectivity index (χ3v) is 2.52. The number of carbonyl (C=O) groups excluding carboxylic acids is 1. The molecule has 1 amide bonds. The fraction of sp³-hybridized carbons (Fsp3) is 0.333. The minimum Gasteiger partial charge on any atom is -0.497 e. The number of benzene rings is 1. The summed E-state index contributed by atoms with van der Waals surface area (Å²) in [6, 6.07) is 3.68. The Bertz CT molecular complexity index is 459. The number of anilines is 1. The van der Waals surface area contributed by atoms with Gasteiger partial charge in [-0.3, -0.25) is 4.79 Å². The van der Waals surface area contributed by atoms with Crippen molar-refractivity contribution in [3.8, 4) is 5.75 Å². The lowest BCUT2D eigenvalue weighted by Gasteiger charge is -2.13. The highest BCUT2D eigenvalue weighted by molar-refractivity contribution is 6.01. The second-order valence-corrected chi connectivity index (χ2v) is 3.73. The third kappa shape index (κ3) is 3.13. The summed E-state index contributed by atoms with van der Waals surface area (Å²) in [5, 5.41) is 11.3. The molecule has 1 aromatic carbocycles. The van der Waals surface area contributed by atoms with Crippen LogP contribution in [0.4, 0.5) is 5.69 Å². The van der Waals surface area contributed by atoms with Crippen LogP contribution in [-0.2, 0) is 4.79 Å². The molecular formula is C12H16N2O4. The van der Waals surface area contributed by atoms with Crippen LogP contribution in [0.15, 0.2) is 18.2 Å². The van der Waals surface area contributed by atoms with Gasteiger partial charge in [0.05, 0.1) is 12.7 Å². The number of hydrogen-bond donors (Lipinski definition) is 3. The lowest BCUT2D eigenvalue weighted by molar-refractivity contribution is -0.139. The van der Waals surface area contributed by atoms with E-state index in [1.54, 1.807) is 13.0 Å². The molecule has 0 aromatic heterocycles. The van der Waals surface area contributed by atoms with Crippen molar-refractivity contribution in [2.24, 2.45) is 0 Å². The standard InChI is InChI=1S/C12H16N2O4/c1-3-10(12(16)17)14-11(15)8-5-4-7(18-2)6-9(8)13/h4-6,10H,3,13H2,1-2H3,(H,14,15)(H,16,17)/t10-/m1/s1. The number of aliphatic carboxylic acids is 1. The van der Waals surface area contributed by atoms with Crippen LogP contribution in [-0.4, -0.2) is 30.1 Å². The van der Waals surface area contributed by atoms with Crippen molar-refractivity contribution in [1.29, 1.82) is 0 Å². The molecule has 0 heterocycles. The summed E-state index contributed by atoms with van der Waals surface area (Å²) >= 11 is 0. The van der Waals surface area contributed by atoms with Crippen LogP contribution in [0.5, 0.6) is 5.75 Å². The van der Waals surface area contributed by atoms with E-state index in [1.165, 1.54) is 19.2 Å². The Balaban J connectivity index is 2.87. The SMILES string of the molecule is CC[C@@H](NC(=O)c1ccc(OC)cc1N)C(=O)O. The Labute approximate surface area is 105 Å². The number of carbonyl (C=O) groups is 2. The molecule has 18 heavy (non-hydrogen) atoms. The maximum absolute atomic E-state index is 11.8. The molecule has 0 saturated carbocycles. The Morgan fingerprint density at radius 2 is 2.17 bits per heavy atom. The molecule has 1 aromatic rings. The smallest absolute Gasteiger partial charge is 0.326 e. The van der Waals surface area contributed by atoms with E-state index in [0.717, 1.165) is 0 Å². The van der Waals surface area contributed by atoms with Gasteiger partial charge in [-0.05, 0) is 18.6 Å². The highest BCUT2D eigenvalue weighted by Gasteiger charge is 2.19. The van der Waals surface area contributed by atoms with Gasteiger partial charge < -0.3 is 20.9 Å². The van der Waals surface area contributed by atoms with Crippen LogP contribution in [0.3, 0.4) is 0 Å². The van der Waals surface area contributed by atoms with Crippen molar-refractivity contribution in [3.05, 3.63) is 23.8 Å². The molecule has 0 saturated heterocycles. The topological polar surface area (TPSA) is 102 Å². The minimum absolute atomic E-state index is 0.232. The number of carboxylic acid groups (broad SMARTS) is 1. The lowest BCUT2D eigenvalue weighted by Crippen LogP contribution is -2.40. The molecule has 0 aliphatic rings. The van der Waals surface area contributed by atoms with Crippen LogP contribution in [0.2, 0.25) is 0 Å². The average Bonchev–Trinajstić information content (AvgIpc) is 2.34. The van der Waals surface area contributed by atoms with Crippen molar-refractivity contribution >= 4 is 17.6 Å². The summed E-state index contributed by atoms with van der Waals surface area (Å²) in [4.78, 5) is 22.7. The van der Waals surface area contributed by atoms with Crippen LogP contribution in [0.1, 0.15) is 23.7 Å². The van der Waals surface area contributed by atoms with Gasteiger partial charge in [-0.25, -0.2) is 4.79 Å². The van der Waals surface area contributed by atoms with E-state index in [9.17, 15) is 9.59 Å². The summed E-state index contributed by atoms with van der Waals surface area (Å²) in [6.45, 7) is 1.68. The Morgan fingerprint density at radius 1 is 1.50 bits per heavy atom. The molecule has 6 heteroatoms. The van der Waals surface area contributed by atoms with Gasteiger partial charge in [0.15, 0.2) is 0 Å². The Hall–Kier alpha value is -2.24. The Morgan fingerprint density at radius 3 is 2.61 bits per heavy atom. The van der Waals surface area contributed by atoms with Crippen molar-refractivity contribution in [1.82, 2.24) is 5.32 Å². The minimum atomic E-state index is -1.07. The largest absolute Gasteiger partial charge is 0.497 e. The van der Waals surface area contributed by atoms with Gasteiger partial charge in [0, 0.05) is 11.8 Å². The predicted molar refractivity (Wildman–Crippen MR) is 66.6 cm³/mol. The number of nitrogens with one attached hydrogen (secondary N) is 1.